The Bertz CT molecular complexity index is 1440. The molecule has 1 unspecified atom stereocenters. The Morgan fingerprint density at radius 2 is 1.60 bits per heavy atom. The van der Waals surface area contributed by atoms with Gasteiger partial charge in [-0.05, 0) is 49.4 Å². The second kappa shape index (κ2) is 16.1. The third kappa shape index (κ3) is 10.4. The van der Waals surface area contributed by atoms with Crippen LogP contribution in [0.5, 0.6) is 5.75 Å². The number of nitrogens with one attached hydrogen (secondary N) is 1. The molecule has 0 aliphatic rings. The molecule has 0 heterocycles. The number of carbonyl (C=O) groups is 2. The number of aryl methyl sites for hydroxylation is 1. The Hall–Kier alpha value is -3.85. The lowest BCUT2D eigenvalue weighted by molar-refractivity contribution is -0.141. The van der Waals surface area contributed by atoms with Crippen LogP contribution in [0.25, 0.3) is 0 Å². The molecule has 8 nitrogen and oxygen atoms in total. The summed E-state index contributed by atoms with van der Waals surface area (Å²) in [6.07, 6.45) is 1.84. The zero-order valence-electron chi connectivity index (χ0n) is 26.0. The number of para-hydroxylation sites is 2. The Labute approximate surface area is 257 Å². The van der Waals surface area contributed by atoms with Gasteiger partial charge in [0.2, 0.25) is 21.8 Å². The lowest BCUT2D eigenvalue weighted by Gasteiger charge is -2.32. The molecular weight excluding hydrogens is 562 g/mol. The first-order valence-corrected chi connectivity index (χ1v) is 16.7. The van der Waals surface area contributed by atoms with Gasteiger partial charge in [0.1, 0.15) is 11.8 Å². The molecule has 0 fully saturated rings. The predicted molar refractivity (Wildman–Crippen MR) is 173 cm³/mol. The van der Waals surface area contributed by atoms with E-state index >= 15 is 0 Å². The third-order valence-corrected chi connectivity index (χ3v) is 8.16. The Morgan fingerprint density at radius 3 is 2.26 bits per heavy atom. The van der Waals surface area contributed by atoms with Crippen molar-refractivity contribution in [3.63, 3.8) is 0 Å². The molecule has 0 saturated carbocycles. The standard InChI is InChI=1S/C34H45N3O5S/c1-6-42-32-19-11-10-18-30(32)37(43(5,40)41)21-13-20-33(38)36(25-29-17-12-14-27(4)22-29)31(34(39)35-24-26(2)3)23-28-15-8-7-9-16-28/h7-12,14-19,22,26,31H,6,13,20-21,23-25H2,1-5H3,(H,35,39). The van der Waals surface area contributed by atoms with Crippen LogP contribution in [0.4, 0.5) is 5.69 Å². The normalized spacial score (nSPS) is 12.0. The van der Waals surface area contributed by atoms with Gasteiger partial charge in [-0.25, -0.2) is 8.42 Å². The van der Waals surface area contributed by atoms with Crippen LogP contribution in [0, 0.1) is 12.8 Å². The first-order valence-electron chi connectivity index (χ1n) is 14.9. The Balaban J connectivity index is 1.90. The molecule has 9 heteroatoms. The van der Waals surface area contributed by atoms with E-state index in [-0.39, 0.29) is 43.7 Å². The molecule has 232 valence electrons. The summed E-state index contributed by atoms with van der Waals surface area (Å²) in [6, 6.07) is 23.8. The van der Waals surface area contributed by atoms with Gasteiger partial charge in [0.05, 0.1) is 18.6 Å². The van der Waals surface area contributed by atoms with E-state index in [2.05, 4.69) is 5.32 Å². The fraction of sp³-hybridized carbons (Fsp3) is 0.412. The van der Waals surface area contributed by atoms with Crippen molar-refractivity contribution in [2.24, 2.45) is 5.92 Å². The monoisotopic (exact) mass is 607 g/mol. The molecule has 1 atom stereocenters. The van der Waals surface area contributed by atoms with Crippen LogP contribution in [-0.4, -0.2) is 57.1 Å². The van der Waals surface area contributed by atoms with Gasteiger partial charge < -0.3 is 15.0 Å². The zero-order valence-corrected chi connectivity index (χ0v) is 26.8. The van der Waals surface area contributed by atoms with Crippen molar-refractivity contribution in [3.05, 3.63) is 95.6 Å². The SMILES string of the molecule is CCOc1ccccc1N(CCCC(=O)N(Cc1cccc(C)c1)C(Cc1ccccc1)C(=O)NCC(C)C)S(C)(=O)=O. The second-order valence-corrected chi connectivity index (χ2v) is 13.1. The molecule has 43 heavy (non-hydrogen) atoms. The van der Waals surface area contributed by atoms with Crippen molar-refractivity contribution < 1.29 is 22.7 Å². The highest BCUT2D eigenvalue weighted by atomic mass is 32.2. The number of carbonyl (C=O) groups excluding carboxylic acids is 2. The summed E-state index contributed by atoms with van der Waals surface area (Å²) in [5, 5.41) is 3.03. The van der Waals surface area contributed by atoms with E-state index < -0.39 is 16.1 Å². The number of ether oxygens (including phenoxy) is 1. The summed E-state index contributed by atoms with van der Waals surface area (Å²) in [7, 11) is -3.65. The molecule has 0 aromatic heterocycles. The van der Waals surface area contributed by atoms with Gasteiger partial charge in [-0.2, -0.15) is 0 Å². The van der Waals surface area contributed by atoms with Crippen LogP contribution < -0.4 is 14.4 Å². The molecule has 0 aliphatic heterocycles. The van der Waals surface area contributed by atoms with E-state index in [4.69, 9.17) is 4.74 Å². The number of rotatable bonds is 16. The van der Waals surface area contributed by atoms with Crippen molar-refractivity contribution >= 4 is 27.5 Å². The minimum Gasteiger partial charge on any atom is -0.492 e. The maximum absolute atomic E-state index is 14.0. The highest BCUT2D eigenvalue weighted by molar-refractivity contribution is 7.92. The summed E-state index contributed by atoms with van der Waals surface area (Å²) in [5.41, 5.74) is 3.37. The fourth-order valence-corrected chi connectivity index (χ4v) is 5.88. The second-order valence-electron chi connectivity index (χ2n) is 11.2. The summed E-state index contributed by atoms with van der Waals surface area (Å²) in [5.74, 6) is 0.298. The van der Waals surface area contributed by atoms with Gasteiger partial charge in [-0.15, -0.1) is 0 Å². The maximum Gasteiger partial charge on any atom is 0.243 e. The fourth-order valence-electron chi connectivity index (χ4n) is 4.91. The van der Waals surface area contributed by atoms with Crippen molar-refractivity contribution in [1.82, 2.24) is 10.2 Å². The number of amides is 2. The first kappa shape index (κ1) is 33.6. The van der Waals surface area contributed by atoms with Crippen LogP contribution in [0.1, 0.15) is 50.3 Å². The maximum atomic E-state index is 14.0. The number of nitrogens with zero attached hydrogens (tertiary/aromatic N) is 2. The van der Waals surface area contributed by atoms with Crippen molar-refractivity contribution in [1.29, 1.82) is 0 Å². The van der Waals surface area contributed by atoms with Crippen LogP contribution in [0.3, 0.4) is 0 Å². The van der Waals surface area contributed by atoms with Gasteiger partial charge in [-0.3, -0.25) is 13.9 Å². The Kier molecular flexibility index (Phi) is 12.6. The lowest BCUT2D eigenvalue weighted by Crippen LogP contribution is -2.51. The van der Waals surface area contributed by atoms with E-state index in [1.54, 1.807) is 29.2 Å². The topological polar surface area (TPSA) is 96.0 Å². The van der Waals surface area contributed by atoms with Gasteiger partial charge in [0.15, 0.2) is 0 Å². The summed E-state index contributed by atoms with van der Waals surface area (Å²) in [4.78, 5) is 29.3. The number of hydrogen-bond acceptors (Lipinski definition) is 5. The molecule has 0 saturated heterocycles. The van der Waals surface area contributed by atoms with Gasteiger partial charge >= 0.3 is 0 Å². The van der Waals surface area contributed by atoms with Crippen LogP contribution >= 0.6 is 0 Å². The van der Waals surface area contributed by atoms with E-state index in [0.717, 1.165) is 22.9 Å². The molecule has 2 amide bonds. The molecule has 3 aromatic rings. The zero-order chi connectivity index (χ0) is 31.4. The minimum atomic E-state index is -3.65. The molecule has 0 radical (unpaired) electrons. The van der Waals surface area contributed by atoms with E-state index in [9.17, 15) is 18.0 Å². The third-order valence-electron chi connectivity index (χ3n) is 6.98. The van der Waals surface area contributed by atoms with Crippen molar-refractivity contribution in [2.75, 3.05) is 30.3 Å². The number of benzene rings is 3. The predicted octanol–water partition coefficient (Wildman–Crippen LogP) is 5.35. The number of hydrogen-bond donors (Lipinski definition) is 1. The lowest BCUT2D eigenvalue weighted by atomic mass is 10.0. The van der Waals surface area contributed by atoms with E-state index in [0.29, 0.717) is 31.0 Å². The number of anilines is 1. The quantitative estimate of drug-likeness (QED) is 0.237. The van der Waals surface area contributed by atoms with Crippen molar-refractivity contribution in [2.45, 2.75) is 59.5 Å². The largest absolute Gasteiger partial charge is 0.492 e. The Morgan fingerprint density at radius 1 is 0.930 bits per heavy atom. The highest BCUT2D eigenvalue weighted by Gasteiger charge is 2.31. The van der Waals surface area contributed by atoms with Crippen LogP contribution in [-0.2, 0) is 32.6 Å². The average molecular weight is 608 g/mol. The molecule has 0 aliphatic carbocycles. The molecule has 1 N–H and O–H groups in total. The molecular formula is C34H45N3O5S. The first-order chi connectivity index (χ1) is 20.5. The van der Waals surface area contributed by atoms with Gasteiger partial charge in [0.25, 0.3) is 0 Å². The molecule has 3 aromatic carbocycles. The molecule has 0 spiro atoms. The smallest absolute Gasteiger partial charge is 0.243 e. The number of sulfonamides is 1. The van der Waals surface area contributed by atoms with Crippen molar-refractivity contribution in [3.8, 4) is 5.75 Å². The summed E-state index contributed by atoms with van der Waals surface area (Å²) < 4.78 is 32.6. The average Bonchev–Trinajstić information content (AvgIpc) is 2.96. The summed E-state index contributed by atoms with van der Waals surface area (Å²) >= 11 is 0. The minimum absolute atomic E-state index is 0.0669. The van der Waals surface area contributed by atoms with Crippen LogP contribution in [0.2, 0.25) is 0 Å². The van der Waals surface area contributed by atoms with Crippen LogP contribution in [0.15, 0.2) is 78.9 Å². The summed E-state index contributed by atoms with van der Waals surface area (Å²) in [6.45, 7) is 9.13. The van der Waals surface area contributed by atoms with E-state index in [1.165, 1.54) is 4.31 Å². The highest BCUT2D eigenvalue weighted by Crippen LogP contribution is 2.30. The molecule has 3 rings (SSSR count). The van der Waals surface area contributed by atoms with Gasteiger partial charge in [0, 0.05) is 32.5 Å². The molecule has 0 bridgehead atoms. The van der Waals surface area contributed by atoms with E-state index in [1.807, 2.05) is 82.3 Å². The van der Waals surface area contributed by atoms with Gasteiger partial charge in [-0.1, -0.05) is 86.1 Å².